The summed E-state index contributed by atoms with van der Waals surface area (Å²) < 4.78 is 5.26. The molecule has 9 heteroatoms. The fraction of sp³-hybridized carbons (Fsp3) is 0.538. The van der Waals surface area contributed by atoms with Crippen LogP contribution in [0.4, 0.5) is 4.79 Å². The van der Waals surface area contributed by atoms with Gasteiger partial charge < -0.3 is 26.0 Å². The molecule has 35 heavy (non-hydrogen) atoms. The second kappa shape index (κ2) is 11.9. The van der Waals surface area contributed by atoms with Crippen molar-refractivity contribution in [1.29, 1.82) is 0 Å². The first-order valence-electron chi connectivity index (χ1n) is 11.5. The highest BCUT2D eigenvalue weighted by atomic mass is 16.6. The number of nitrogens with two attached hydrogens (primary N) is 1. The van der Waals surface area contributed by atoms with Crippen LogP contribution >= 0.6 is 0 Å². The molecule has 1 aromatic carbocycles. The number of benzene rings is 1. The number of amides is 4. The average molecular weight is 489 g/mol. The van der Waals surface area contributed by atoms with Gasteiger partial charge in [0.05, 0.1) is 6.42 Å². The zero-order chi connectivity index (χ0) is 27.1. The summed E-state index contributed by atoms with van der Waals surface area (Å²) in [5.74, 6) is -1.86. The molecule has 2 unspecified atom stereocenters. The number of carbonyl (C=O) groups excluding carboxylic acids is 4. The lowest BCUT2D eigenvalue weighted by Gasteiger charge is -2.36. The van der Waals surface area contributed by atoms with Crippen molar-refractivity contribution in [3.05, 3.63) is 47.5 Å². The quantitative estimate of drug-likeness (QED) is 0.460. The summed E-state index contributed by atoms with van der Waals surface area (Å²) in [5.41, 5.74) is 6.41. The number of nitrogens with one attached hydrogen (secondary N) is 2. The first kappa shape index (κ1) is 29.7. The van der Waals surface area contributed by atoms with E-state index in [1.165, 1.54) is 11.0 Å². The zero-order valence-corrected chi connectivity index (χ0v) is 22.2. The highest BCUT2D eigenvalue weighted by Crippen LogP contribution is 2.27. The van der Waals surface area contributed by atoms with Crippen LogP contribution in [-0.2, 0) is 19.1 Å². The Hall–Kier alpha value is -3.36. The largest absolute Gasteiger partial charge is 0.444 e. The highest BCUT2D eigenvalue weighted by Gasteiger charge is 2.38. The van der Waals surface area contributed by atoms with Gasteiger partial charge >= 0.3 is 6.09 Å². The van der Waals surface area contributed by atoms with Gasteiger partial charge in [-0.2, -0.15) is 0 Å². The van der Waals surface area contributed by atoms with Crippen molar-refractivity contribution < 1.29 is 23.9 Å². The number of aryl methyl sites for hydroxylation is 2. The molecule has 2 atom stereocenters. The molecule has 0 saturated heterocycles. The molecule has 0 aliphatic carbocycles. The van der Waals surface area contributed by atoms with Crippen molar-refractivity contribution in [2.75, 3.05) is 6.54 Å². The summed E-state index contributed by atoms with van der Waals surface area (Å²) in [5, 5.41) is 5.38. The number of alkyl carbamates (subject to hydrolysis) is 1. The van der Waals surface area contributed by atoms with E-state index in [-0.39, 0.29) is 6.54 Å². The fourth-order valence-electron chi connectivity index (χ4n) is 3.53. The Morgan fingerprint density at radius 2 is 1.71 bits per heavy atom. The number of primary amides is 1. The van der Waals surface area contributed by atoms with Crippen LogP contribution in [0.2, 0.25) is 0 Å². The van der Waals surface area contributed by atoms with Crippen LogP contribution in [0.3, 0.4) is 0 Å². The molecule has 0 heterocycles. The first-order chi connectivity index (χ1) is 15.9. The van der Waals surface area contributed by atoms with E-state index in [0.717, 1.165) is 11.1 Å². The van der Waals surface area contributed by atoms with Gasteiger partial charge in [0, 0.05) is 12.1 Å². The SMILES string of the molecule is C=CCN(C(=O)C(CC(N)=O)NC(=O)OC(C)(C)C)C(C(=O)NC(C)(C)C)c1ccc(C)cc1C. The van der Waals surface area contributed by atoms with Crippen molar-refractivity contribution in [3.8, 4) is 0 Å². The maximum absolute atomic E-state index is 13.8. The van der Waals surface area contributed by atoms with Crippen molar-refractivity contribution in [2.24, 2.45) is 5.73 Å². The van der Waals surface area contributed by atoms with E-state index in [0.29, 0.717) is 5.56 Å². The fourth-order valence-corrected chi connectivity index (χ4v) is 3.53. The predicted molar refractivity (Wildman–Crippen MR) is 135 cm³/mol. The van der Waals surface area contributed by atoms with Crippen molar-refractivity contribution in [2.45, 2.75) is 85.0 Å². The Balaban J connectivity index is 3.55. The lowest BCUT2D eigenvalue weighted by Crippen LogP contribution is -2.55. The van der Waals surface area contributed by atoms with E-state index in [2.05, 4.69) is 17.2 Å². The molecule has 194 valence electrons. The molecule has 0 radical (unpaired) electrons. The van der Waals surface area contributed by atoms with Gasteiger partial charge in [0.15, 0.2) is 0 Å². The molecule has 9 nitrogen and oxygen atoms in total. The molecule has 1 aromatic rings. The van der Waals surface area contributed by atoms with E-state index >= 15 is 0 Å². The molecule has 0 aromatic heterocycles. The average Bonchev–Trinajstić information content (AvgIpc) is 2.64. The summed E-state index contributed by atoms with van der Waals surface area (Å²) in [7, 11) is 0. The van der Waals surface area contributed by atoms with Gasteiger partial charge in [-0.3, -0.25) is 14.4 Å². The topological polar surface area (TPSA) is 131 Å². The first-order valence-corrected chi connectivity index (χ1v) is 11.5. The van der Waals surface area contributed by atoms with Crippen LogP contribution in [0.5, 0.6) is 0 Å². The van der Waals surface area contributed by atoms with E-state index in [1.807, 2.05) is 46.8 Å². The molecule has 4 N–H and O–H groups in total. The van der Waals surface area contributed by atoms with Gasteiger partial charge in [0.1, 0.15) is 17.7 Å². The van der Waals surface area contributed by atoms with Gasteiger partial charge in [-0.1, -0.05) is 29.8 Å². The third kappa shape index (κ3) is 9.80. The molecular weight excluding hydrogens is 448 g/mol. The standard InChI is InChI=1S/C26H40N4O5/c1-10-13-30(23(33)19(15-20(27)31)28-24(34)35-26(7,8)9)21(22(32)29-25(4,5)6)18-12-11-16(2)14-17(18)3/h10-12,14,19,21H,1,13,15H2,2-9H3,(H2,27,31)(H,28,34)(H,29,32). The minimum Gasteiger partial charge on any atom is -0.444 e. The Morgan fingerprint density at radius 1 is 1.11 bits per heavy atom. The predicted octanol–water partition coefficient (Wildman–Crippen LogP) is 3.04. The highest BCUT2D eigenvalue weighted by molar-refractivity contribution is 5.95. The molecule has 0 aliphatic heterocycles. The van der Waals surface area contributed by atoms with Gasteiger partial charge in [0.2, 0.25) is 17.7 Å². The molecule has 0 bridgehead atoms. The van der Waals surface area contributed by atoms with E-state index in [9.17, 15) is 19.2 Å². The van der Waals surface area contributed by atoms with Crippen LogP contribution < -0.4 is 16.4 Å². The lowest BCUT2D eigenvalue weighted by molar-refractivity contribution is -0.143. The Bertz CT molecular complexity index is 959. The Morgan fingerprint density at radius 3 is 2.17 bits per heavy atom. The minimum absolute atomic E-state index is 0.0142. The van der Waals surface area contributed by atoms with Gasteiger partial charge in [-0.25, -0.2) is 4.79 Å². The molecule has 1 rings (SSSR count). The molecular formula is C26H40N4O5. The van der Waals surface area contributed by atoms with Crippen LogP contribution in [0.25, 0.3) is 0 Å². The van der Waals surface area contributed by atoms with Crippen molar-refractivity contribution in [3.63, 3.8) is 0 Å². The molecule has 0 saturated carbocycles. The second-order valence-electron chi connectivity index (χ2n) is 10.7. The molecule has 0 fully saturated rings. The van der Waals surface area contributed by atoms with Crippen LogP contribution in [0.1, 0.15) is 70.7 Å². The number of nitrogens with zero attached hydrogens (tertiary/aromatic N) is 1. The van der Waals surface area contributed by atoms with Crippen LogP contribution in [0.15, 0.2) is 30.9 Å². The smallest absolute Gasteiger partial charge is 0.408 e. The normalized spacial score (nSPS) is 13.3. The number of ether oxygens (including phenoxy) is 1. The molecule has 0 spiro atoms. The Kier molecular flexibility index (Phi) is 10.1. The number of hydrogen-bond acceptors (Lipinski definition) is 5. The summed E-state index contributed by atoms with van der Waals surface area (Å²) in [6.45, 7) is 18.0. The lowest BCUT2D eigenvalue weighted by atomic mass is 9.95. The monoisotopic (exact) mass is 488 g/mol. The molecule has 4 amide bonds. The maximum Gasteiger partial charge on any atom is 0.408 e. The number of hydrogen-bond donors (Lipinski definition) is 3. The third-order valence-electron chi connectivity index (χ3n) is 4.78. The van der Waals surface area contributed by atoms with Gasteiger partial charge in [-0.15, -0.1) is 6.58 Å². The van der Waals surface area contributed by atoms with Crippen molar-refractivity contribution >= 4 is 23.8 Å². The summed E-state index contributed by atoms with van der Waals surface area (Å²) in [6.07, 6.45) is 0.137. The van der Waals surface area contributed by atoms with Crippen LogP contribution in [-0.4, -0.2) is 52.4 Å². The van der Waals surface area contributed by atoms with Gasteiger partial charge in [0.25, 0.3) is 0 Å². The van der Waals surface area contributed by atoms with E-state index in [1.54, 1.807) is 26.8 Å². The molecule has 0 aliphatic rings. The number of carbonyl (C=O) groups is 4. The summed E-state index contributed by atoms with van der Waals surface area (Å²) in [4.78, 5) is 52.8. The summed E-state index contributed by atoms with van der Waals surface area (Å²) >= 11 is 0. The zero-order valence-electron chi connectivity index (χ0n) is 22.2. The van der Waals surface area contributed by atoms with Crippen molar-refractivity contribution in [1.82, 2.24) is 15.5 Å². The maximum atomic E-state index is 13.8. The van der Waals surface area contributed by atoms with E-state index < -0.39 is 53.5 Å². The van der Waals surface area contributed by atoms with Gasteiger partial charge in [-0.05, 0) is 66.5 Å². The van der Waals surface area contributed by atoms with E-state index in [4.69, 9.17) is 10.5 Å². The Labute approximate surface area is 208 Å². The number of rotatable bonds is 9. The summed E-state index contributed by atoms with van der Waals surface area (Å²) in [6, 6.07) is 3.19. The van der Waals surface area contributed by atoms with Crippen LogP contribution in [0, 0.1) is 13.8 Å². The third-order valence-corrected chi connectivity index (χ3v) is 4.78. The second-order valence-corrected chi connectivity index (χ2v) is 10.7. The minimum atomic E-state index is -1.34.